The van der Waals surface area contributed by atoms with Crippen LogP contribution in [0.4, 0.5) is 0 Å². The summed E-state index contributed by atoms with van der Waals surface area (Å²) in [5.74, 6) is 1.15. The Balaban J connectivity index is 2.17. The quantitative estimate of drug-likeness (QED) is 0.779. The number of carbonyl (C=O) groups is 1. The summed E-state index contributed by atoms with van der Waals surface area (Å²) < 4.78 is 32.1. The Morgan fingerprint density at radius 1 is 1.33 bits per heavy atom. The maximum absolute atomic E-state index is 12.5. The monoisotopic (exact) mass is 348 g/mol. The van der Waals surface area contributed by atoms with Gasteiger partial charge in [0.05, 0.1) is 11.4 Å². The van der Waals surface area contributed by atoms with Crippen molar-refractivity contribution in [3.63, 3.8) is 0 Å². The molecular formula is C17H20N2O4S. The third-order valence-corrected chi connectivity index (χ3v) is 4.77. The molecule has 0 radical (unpaired) electrons. The Labute approximate surface area is 141 Å². The molecule has 0 atom stereocenters. The first-order chi connectivity index (χ1) is 11.3. The molecule has 0 saturated heterocycles. The molecule has 1 N–H and O–H groups in total. The van der Waals surface area contributed by atoms with E-state index in [-0.39, 0.29) is 17.3 Å². The van der Waals surface area contributed by atoms with Crippen LogP contribution in [0, 0.1) is 6.92 Å². The topological polar surface area (TPSA) is 79.6 Å². The lowest BCUT2D eigenvalue weighted by atomic mass is 10.2. The van der Waals surface area contributed by atoms with E-state index in [1.165, 1.54) is 23.1 Å². The van der Waals surface area contributed by atoms with Gasteiger partial charge in [-0.1, -0.05) is 12.1 Å². The molecule has 0 bridgehead atoms. The van der Waals surface area contributed by atoms with Gasteiger partial charge in [-0.2, -0.15) is 0 Å². The van der Waals surface area contributed by atoms with Crippen molar-refractivity contribution in [1.29, 1.82) is 0 Å². The summed E-state index contributed by atoms with van der Waals surface area (Å²) in [6.45, 7) is 5.73. The second-order valence-corrected chi connectivity index (χ2v) is 7.11. The standard InChI is InChI=1S/C17H20N2O4S/c1-4-10-18-24(21,22)16-7-5-6-14(11-16)17(20)19(3)12-15-9-8-13(2)23-15/h4-9,11,18H,1,10,12H2,2-3H3. The lowest BCUT2D eigenvalue weighted by molar-refractivity contribution is 0.0774. The largest absolute Gasteiger partial charge is 0.464 e. The van der Waals surface area contributed by atoms with Crippen molar-refractivity contribution in [3.8, 4) is 0 Å². The summed E-state index contributed by atoms with van der Waals surface area (Å²) in [5.41, 5.74) is 0.294. The van der Waals surface area contributed by atoms with Crippen LogP contribution in [-0.2, 0) is 16.6 Å². The number of benzene rings is 1. The number of nitrogens with one attached hydrogen (secondary N) is 1. The number of nitrogens with zero attached hydrogens (tertiary/aromatic N) is 1. The number of amides is 1. The minimum absolute atomic E-state index is 0.0393. The van der Waals surface area contributed by atoms with Crippen molar-refractivity contribution < 1.29 is 17.6 Å². The molecular weight excluding hydrogens is 328 g/mol. The number of carbonyl (C=O) groups excluding carboxylic acids is 1. The Morgan fingerprint density at radius 3 is 2.71 bits per heavy atom. The molecule has 2 rings (SSSR count). The Morgan fingerprint density at radius 2 is 2.08 bits per heavy atom. The van der Waals surface area contributed by atoms with Crippen molar-refractivity contribution in [3.05, 3.63) is 66.1 Å². The van der Waals surface area contributed by atoms with Gasteiger partial charge in [-0.3, -0.25) is 4.79 Å². The number of hydrogen-bond acceptors (Lipinski definition) is 4. The molecule has 1 amide bonds. The van der Waals surface area contributed by atoms with Crippen molar-refractivity contribution in [2.24, 2.45) is 0 Å². The maximum Gasteiger partial charge on any atom is 0.254 e. The van der Waals surface area contributed by atoms with Crippen molar-refractivity contribution >= 4 is 15.9 Å². The number of furan rings is 1. The van der Waals surface area contributed by atoms with Gasteiger partial charge in [-0.15, -0.1) is 6.58 Å². The smallest absolute Gasteiger partial charge is 0.254 e. The van der Waals surface area contributed by atoms with Gasteiger partial charge >= 0.3 is 0 Å². The van der Waals surface area contributed by atoms with Gasteiger partial charge in [-0.25, -0.2) is 13.1 Å². The zero-order valence-corrected chi connectivity index (χ0v) is 14.5. The molecule has 0 aliphatic carbocycles. The first kappa shape index (κ1) is 18.0. The Bertz CT molecular complexity index is 840. The molecule has 0 unspecified atom stereocenters. The predicted molar refractivity (Wildman–Crippen MR) is 91.1 cm³/mol. The maximum atomic E-state index is 12.5. The highest BCUT2D eigenvalue weighted by molar-refractivity contribution is 7.89. The van der Waals surface area contributed by atoms with Gasteiger partial charge in [0.1, 0.15) is 11.5 Å². The fraction of sp³-hybridized carbons (Fsp3) is 0.235. The molecule has 0 aliphatic heterocycles. The van der Waals surface area contributed by atoms with Crippen LogP contribution in [0.5, 0.6) is 0 Å². The lowest BCUT2D eigenvalue weighted by Gasteiger charge is -2.16. The van der Waals surface area contributed by atoms with E-state index in [9.17, 15) is 13.2 Å². The van der Waals surface area contributed by atoms with Crippen molar-refractivity contribution in [2.45, 2.75) is 18.4 Å². The average molecular weight is 348 g/mol. The van der Waals surface area contributed by atoms with Crippen LogP contribution in [0.1, 0.15) is 21.9 Å². The van der Waals surface area contributed by atoms with Crippen LogP contribution in [0.2, 0.25) is 0 Å². The first-order valence-electron chi connectivity index (χ1n) is 7.35. The van der Waals surface area contributed by atoms with Gasteiger partial charge in [0.2, 0.25) is 10.0 Å². The highest BCUT2D eigenvalue weighted by atomic mass is 32.2. The van der Waals surface area contributed by atoms with E-state index in [1.807, 2.05) is 13.0 Å². The number of rotatable bonds is 7. The summed E-state index contributed by atoms with van der Waals surface area (Å²) in [6, 6.07) is 9.56. The van der Waals surface area contributed by atoms with Crippen molar-refractivity contribution in [2.75, 3.05) is 13.6 Å². The van der Waals surface area contributed by atoms with E-state index < -0.39 is 10.0 Å². The van der Waals surface area contributed by atoms with Crippen LogP contribution in [0.25, 0.3) is 0 Å². The lowest BCUT2D eigenvalue weighted by Crippen LogP contribution is -2.27. The zero-order chi connectivity index (χ0) is 17.7. The molecule has 0 saturated carbocycles. The molecule has 0 aliphatic rings. The van der Waals surface area contributed by atoms with Crippen LogP contribution >= 0.6 is 0 Å². The van der Waals surface area contributed by atoms with Gasteiger partial charge in [0, 0.05) is 19.2 Å². The average Bonchev–Trinajstić information content (AvgIpc) is 2.97. The predicted octanol–water partition coefficient (Wildman–Crippen LogP) is 2.32. The SMILES string of the molecule is C=CCNS(=O)(=O)c1cccc(C(=O)N(C)Cc2ccc(C)o2)c1. The first-order valence-corrected chi connectivity index (χ1v) is 8.83. The van der Waals surface area contributed by atoms with E-state index in [0.717, 1.165) is 5.76 Å². The van der Waals surface area contributed by atoms with E-state index in [2.05, 4.69) is 11.3 Å². The van der Waals surface area contributed by atoms with Gasteiger partial charge in [-0.05, 0) is 37.3 Å². The molecule has 1 aromatic heterocycles. The molecule has 0 fully saturated rings. The zero-order valence-electron chi connectivity index (χ0n) is 13.7. The van der Waals surface area contributed by atoms with E-state index >= 15 is 0 Å². The third kappa shape index (κ3) is 4.33. The fourth-order valence-electron chi connectivity index (χ4n) is 2.14. The second kappa shape index (κ2) is 7.46. The van der Waals surface area contributed by atoms with Gasteiger partial charge in [0.25, 0.3) is 5.91 Å². The number of hydrogen-bond donors (Lipinski definition) is 1. The van der Waals surface area contributed by atoms with Gasteiger partial charge in [0.15, 0.2) is 0 Å². The summed E-state index contributed by atoms with van der Waals surface area (Å²) in [6.07, 6.45) is 1.45. The van der Waals surface area contributed by atoms with Crippen LogP contribution in [0.15, 0.2) is 58.4 Å². The van der Waals surface area contributed by atoms with Crippen LogP contribution < -0.4 is 4.72 Å². The van der Waals surface area contributed by atoms with Gasteiger partial charge < -0.3 is 9.32 Å². The molecule has 1 heterocycles. The number of sulfonamides is 1. The molecule has 1 aromatic carbocycles. The molecule has 2 aromatic rings. The number of aryl methyl sites for hydroxylation is 1. The normalized spacial score (nSPS) is 11.2. The van der Waals surface area contributed by atoms with Crippen LogP contribution in [0.3, 0.4) is 0 Å². The summed E-state index contributed by atoms with van der Waals surface area (Å²) in [4.78, 5) is 14.0. The Hall–Kier alpha value is -2.38. The van der Waals surface area contributed by atoms with Crippen molar-refractivity contribution in [1.82, 2.24) is 9.62 Å². The van der Waals surface area contributed by atoms with E-state index in [4.69, 9.17) is 4.42 Å². The summed E-state index contributed by atoms with van der Waals surface area (Å²) >= 11 is 0. The summed E-state index contributed by atoms with van der Waals surface area (Å²) in [5, 5.41) is 0. The molecule has 24 heavy (non-hydrogen) atoms. The second-order valence-electron chi connectivity index (χ2n) is 5.34. The molecule has 6 nitrogen and oxygen atoms in total. The summed E-state index contributed by atoms with van der Waals surface area (Å²) in [7, 11) is -2.03. The Kier molecular flexibility index (Phi) is 5.58. The molecule has 128 valence electrons. The highest BCUT2D eigenvalue weighted by Gasteiger charge is 2.18. The minimum Gasteiger partial charge on any atom is -0.464 e. The third-order valence-electron chi connectivity index (χ3n) is 3.34. The highest BCUT2D eigenvalue weighted by Crippen LogP contribution is 2.15. The molecule has 0 spiro atoms. The fourth-order valence-corrected chi connectivity index (χ4v) is 3.19. The van der Waals surface area contributed by atoms with Crippen LogP contribution in [-0.4, -0.2) is 32.8 Å². The minimum atomic E-state index is -3.67. The van der Waals surface area contributed by atoms with E-state index in [1.54, 1.807) is 25.2 Å². The van der Waals surface area contributed by atoms with E-state index in [0.29, 0.717) is 17.9 Å². The molecule has 7 heteroatoms.